The summed E-state index contributed by atoms with van der Waals surface area (Å²) in [6.07, 6.45) is 6.12. The van der Waals surface area contributed by atoms with Crippen molar-refractivity contribution >= 4 is 51.7 Å². The number of terminal acetylenes is 1. The molecule has 1 aliphatic heterocycles. The van der Waals surface area contributed by atoms with Gasteiger partial charge in [-0.2, -0.15) is 0 Å². The van der Waals surface area contributed by atoms with Crippen molar-refractivity contribution in [3.8, 4) is 18.1 Å². The first-order valence-electron chi connectivity index (χ1n) is 10.0. The van der Waals surface area contributed by atoms with Gasteiger partial charge in [-0.05, 0) is 30.2 Å². The number of hydrogen-bond acceptors (Lipinski definition) is 6. The molecule has 1 heterocycles. The van der Waals surface area contributed by atoms with E-state index in [0.717, 1.165) is 17.0 Å². The number of aliphatic imine (C=N–C) groups is 1. The van der Waals surface area contributed by atoms with E-state index in [4.69, 9.17) is 27.5 Å². The van der Waals surface area contributed by atoms with Crippen LogP contribution in [-0.2, 0) is 10.5 Å². The molecule has 0 bridgehead atoms. The fourth-order valence-corrected chi connectivity index (χ4v) is 4.36. The molecular weight excluding hydrogens is 448 g/mol. The number of rotatable bonds is 7. The number of anilines is 1. The number of hydrogen-bond donors (Lipinski definition) is 0. The Bertz CT molecular complexity index is 1090. The zero-order valence-corrected chi connectivity index (χ0v) is 19.5. The first-order valence-corrected chi connectivity index (χ1v) is 11.4. The van der Waals surface area contributed by atoms with Crippen molar-refractivity contribution in [2.24, 2.45) is 4.99 Å². The Hall–Kier alpha value is -2.95. The largest absolute Gasteiger partial charge is 0.483 e. The van der Waals surface area contributed by atoms with Gasteiger partial charge in [-0.3, -0.25) is 9.69 Å². The minimum Gasteiger partial charge on any atom is -0.483 e. The smallest absolute Gasteiger partial charge is 0.414 e. The summed E-state index contributed by atoms with van der Waals surface area (Å²) in [6.45, 7) is 2.32. The van der Waals surface area contributed by atoms with Gasteiger partial charge in [-0.25, -0.2) is 9.79 Å². The van der Waals surface area contributed by atoms with E-state index in [1.807, 2.05) is 31.2 Å². The normalized spacial score (nSPS) is 12.1. The van der Waals surface area contributed by atoms with E-state index in [-0.39, 0.29) is 18.9 Å². The number of benzene rings is 2. The van der Waals surface area contributed by atoms with E-state index in [1.54, 1.807) is 12.1 Å². The van der Waals surface area contributed by atoms with E-state index >= 15 is 0 Å². The molecule has 8 heteroatoms. The molecule has 0 saturated carbocycles. The Kier molecular flexibility index (Phi) is 8.20. The second-order valence-electron chi connectivity index (χ2n) is 6.95. The maximum Gasteiger partial charge on any atom is 0.414 e. The summed E-state index contributed by atoms with van der Waals surface area (Å²) in [7, 11) is 1.32. The fourth-order valence-electron chi connectivity index (χ4n) is 3.22. The lowest BCUT2D eigenvalue weighted by atomic mass is 10.1. The highest BCUT2D eigenvalue weighted by Crippen LogP contribution is 2.40. The number of carbonyl (C=O) groups excluding carboxylic acids is 2. The molecule has 0 unspecified atom stereocenters. The van der Waals surface area contributed by atoms with Gasteiger partial charge in [0.15, 0.2) is 11.5 Å². The minimum atomic E-state index is -0.522. The summed E-state index contributed by atoms with van der Waals surface area (Å²) in [5.41, 5.74) is 2.65. The molecule has 6 nitrogen and oxygen atoms in total. The summed E-state index contributed by atoms with van der Waals surface area (Å²) >= 11 is 7.80. The topological polar surface area (TPSA) is 68.2 Å². The number of thioether (sulfide) groups is 1. The second kappa shape index (κ2) is 11.1. The van der Waals surface area contributed by atoms with Gasteiger partial charge in [-0.1, -0.05) is 42.6 Å². The molecule has 0 radical (unpaired) electrons. The van der Waals surface area contributed by atoms with Crippen molar-refractivity contribution in [1.29, 1.82) is 0 Å². The summed E-state index contributed by atoms with van der Waals surface area (Å²) in [6, 6.07) is 10.8. The van der Waals surface area contributed by atoms with Crippen LogP contribution in [0.4, 0.5) is 16.2 Å². The number of ether oxygens (including phenoxy) is 2. The van der Waals surface area contributed by atoms with Crippen molar-refractivity contribution in [3.05, 3.63) is 52.5 Å². The van der Waals surface area contributed by atoms with Crippen LogP contribution in [0, 0.1) is 12.3 Å². The van der Waals surface area contributed by atoms with Crippen LogP contribution >= 0.6 is 23.4 Å². The number of methoxy groups -OCH3 is 1. The Labute approximate surface area is 196 Å². The van der Waals surface area contributed by atoms with E-state index < -0.39 is 6.09 Å². The molecule has 2 aromatic carbocycles. The highest BCUT2D eigenvalue weighted by atomic mass is 35.5. The van der Waals surface area contributed by atoms with Crippen molar-refractivity contribution in [3.63, 3.8) is 0 Å². The molecule has 0 atom stereocenters. The molecule has 0 saturated heterocycles. The maximum absolute atomic E-state index is 12.3. The first kappa shape index (κ1) is 23.7. The van der Waals surface area contributed by atoms with Gasteiger partial charge in [0.05, 0.1) is 24.4 Å². The number of halogens is 1. The zero-order chi connectivity index (χ0) is 23.1. The summed E-state index contributed by atoms with van der Waals surface area (Å²) in [4.78, 5) is 30.6. The van der Waals surface area contributed by atoms with Crippen molar-refractivity contribution in [2.45, 2.75) is 25.5 Å². The second-order valence-corrected chi connectivity index (χ2v) is 8.41. The molecule has 166 valence electrons. The monoisotopic (exact) mass is 470 g/mol. The average Bonchev–Trinajstić information content (AvgIpc) is 2.81. The highest BCUT2D eigenvalue weighted by Gasteiger charge is 2.22. The molecule has 0 aromatic heterocycles. The molecule has 0 aliphatic carbocycles. The quantitative estimate of drug-likeness (QED) is 0.373. The predicted molar refractivity (Wildman–Crippen MR) is 130 cm³/mol. The number of nitrogens with zero attached hydrogens (tertiary/aromatic N) is 2. The Morgan fingerprint density at radius 3 is 2.84 bits per heavy atom. The van der Waals surface area contributed by atoms with Gasteiger partial charge in [0.2, 0.25) is 0 Å². The number of amides is 1. The van der Waals surface area contributed by atoms with Crippen LogP contribution in [0.15, 0.2) is 41.4 Å². The van der Waals surface area contributed by atoms with Gasteiger partial charge >= 0.3 is 6.09 Å². The number of Topliss-reactive ketones (excluding diaryl/α,β-unsaturated/α-hetero) is 1. The number of fused-ring (bicyclic) bond motifs is 1. The van der Waals surface area contributed by atoms with Crippen LogP contribution in [0.1, 0.15) is 35.7 Å². The van der Waals surface area contributed by atoms with Crippen LogP contribution in [0.2, 0.25) is 5.02 Å². The molecular formula is C24H23ClN2O4S. The first-order chi connectivity index (χ1) is 15.5. The Morgan fingerprint density at radius 2 is 2.12 bits per heavy atom. The van der Waals surface area contributed by atoms with Crippen LogP contribution in [0.3, 0.4) is 0 Å². The van der Waals surface area contributed by atoms with E-state index in [0.29, 0.717) is 39.9 Å². The van der Waals surface area contributed by atoms with Crippen LogP contribution in [0.25, 0.3) is 0 Å². The molecule has 0 N–H and O–H groups in total. The lowest BCUT2D eigenvalue weighted by molar-refractivity contribution is 0.0981. The summed E-state index contributed by atoms with van der Waals surface area (Å²) < 4.78 is 10.7. The van der Waals surface area contributed by atoms with Crippen molar-refractivity contribution < 1.29 is 19.1 Å². The number of ketones is 1. The van der Waals surface area contributed by atoms with Gasteiger partial charge in [0, 0.05) is 17.7 Å². The van der Waals surface area contributed by atoms with Gasteiger partial charge in [0.25, 0.3) is 0 Å². The lowest BCUT2D eigenvalue weighted by Gasteiger charge is -2.22. The number of carbonyl (C=O) groups is 2. The molecule has 1 aliphatic rings. The molecule has 0 fully saturated rings. The zero-order valence-electron chi connectivity index (χ0n) is 17.9. The van der Waals surface area contributed by atoms with E-state index in [2.05, 4.69) is 10.9 Å². The van der Waals surface area contributed by atoms with Gasteiger partial charge in [0.1, 0.15) is 17.3 Å². The lowest BCUT2D eigenvalue weighted by Crippen LogP contribution is -2.31. The SMILES string of the molecule is C#CCN(C(=O)OC)c1ccccc1CSC1=Nc2cc(C(=O)CCC)cc(Cl)c2OC1. The van der Waals surface area contributed by atoms with Crippen molar-refractivity contribution in [2.75, 3.05) is 25.2 Å². The molecule has 1 amide bonds. The maximum atomic E-state index is 12.3. The van der Waals surface area contributed by atoms with Crippen LogP contribution < -0.4 is 9.64 Å². The Balaban J connectivity index is 1.82. The Morgan fingerprint density at radius 1 is 1.34 bits per heavy atom. The van der Waals surface area contributed by atoms with Crippen LogP contribution in [0.5, 0.6) is 5.75 Å². The third kappa shape index (κ3) is 5.45. The van der Waals surface area contributed by atoms with E-state index in [1.165, 1.54) is 23.8 Å². The average molecular weight is 471 g/mol. The predicted octanol–water partition coefficient (Wildman–Crippen LogP) is 5.88. The molecule has 32 heavy (non-hydrogen) atoms. The minimum absolute atomic E-state index is 0.0255. The summed E-state index contributed by atoms with van der Waals surface area (Å²) in [5, 5.41) is 1.12. The third-order valence-electron chi connectivity index (χ3n) is 4.73. The molecule has 0 spiro atoms. The van der Waals surface area contributed by atoms with E-state index in [9.17, 15) is 9.59 Å². The highest BCUT2D eigenvalue weighted by molar-refractivity contribution is 8.13. The standard InChI is InChI=1S/C24H23ClN2O4S/c1-4-8-21(28)17-12-18(25)23-19(13-17)26-22(14-31-23)32-15-16-9-6-7-10-20(16)27(11-5-2)24(29)30-3/h2,6-7,9-10,12-13H,4,8,11,14-15H2,1,3H3. The molecule has 2 aromatic rings. The van der Waals surface area contributed by atoms with Crippen molar-refractivity contribution in [1.82, 2.24) is 0 Å². The third-order valence-corrected chi connectivity index (χ3v) is 6.01. The molecule has 3 rings (SSSR count). The van der Waals surface area contributed by atoms with Gasteiger partial charge in [-0.15, -0.1) is 18.2 Å². The van der Waals surface area contributed by atoms with Gasteiger partial charge < -0.3 is 9.47 Å². The summed E-state index contributed by atoms with van der Waals surface area (Å²) in [5.74, 6) is 3.53. The number of para-hydroxylation sites is 1. The fraction of sp³-hybridized carbons (Fsp3) is 0.292. The van der Waals surface area contributed by atoms with Crippen LogP contribution in [-0.4, -0.2) is 37.2 Å².